The number of imidazole rings is 1. The lowest BCUT2D eigenvalue weighted by atomic mass is 9.91. The van der Waals surface area contributed by atoms with Crippen LogP contribution >= 0.6 is 0 Å². The number of H-pyrrole nitrogens is 1. The molecule has 1 aliphatic heterocycles. The molecule has 3 heterocycles. The molecule has 1 saturated carbocycles. The van der Waals surface area contributed by atoms with Crippen molar-refractivity contribution in [3.63, 3.8) is 0 Å². The number of tetrazole rings is 1. The summed E-state index contributed by atoms with van der Waals surface area (Å²) >= 11 is 0. The second-order valence-electron chi connectivity index (χ2n) is 8.54. The molecule has 158 valence electrons. The molecule has 5 rings (SSSR count). The summed E-state index contributed by atoms with van der Waals surface area (Å²) in [4.78, 5) is 13.3. The van der Waals surface area contributed by atoms with Crippen LogP contribution < -0.4 is 0 Å². The van der Waals surface area contributed by atoms with Gasteiger partial charge in [-0.05, 0) is 48.7 Å². The highest BCUT2D eigenvalue weighted by atomic mass is 15.6. The lowest BCUT2D eigenvalue weighted by molar-refractivity contribution is 0.127. The molecule has 8 heteroatoms. The maximum Gasteiger partial charge on any atom is 0.176 e. The molecule has 1 atom stereocenters. The quantitative estimate of drug-likeness (QED) is 0.677. The highest BCUT2D eigenvalue weighted by Gasteiger charge is 2.33. The van der Waals surface area contributed by atoms with E-state index >= 15 is 0 Å². The smallest absolute Gasteiger partial charge is 0.176 e. The molecule has 30 heavy (non-hydrogen) atoms. The van der Waals surface area contributed by atoms with E-state index in [-0.39, 0.29) is 6.04 Å². The molecule has 2 aliphatic rings. The Balaban J connectivity index is 1.43. The topological polar surface area (TPSA) is 78.8 Å². The Morgan fingerprint density at radius 1 is 1.07 bits per heavy atom. The van der Waals surface area contributed by atoms with Gasteiger partial charge in [-0.15, -0.1) is 5.10 Å². The van der Waals surface area contributed by atoms with Crippen molar-refractivity contribution >= 4 is 0 Å². The number of nitrogens with zero attached hydrogens (tertiary/aromatic N) is 7. The lowest BCUT2D eigenvalue weighted by Gasteiger charge is -2.37. The molecule has 1 aliphatic carbocycles. The van der Waals surface area contributed by atoms with Gasteiger partial charge in [0.05, 0.1) is 6.54 Å². The van der Waals surface area contributed by atoms with Gasteiger partial charge < -0.3 is 4.98 Å². The summed E-state index contributed by atoms with van der Waals surface area (Å²) in [5.74, 6) is 1.78. The largest absolute Gasteiger partial charge is 0.344 e. The van der Waals surface area contributed by atoms with Crippen LogP contribution in [0.4, 0.5) is 0 Å². The third-order valence-electron chi connectivity index (χ3n) is 6.48. The van der Waals surface area contributed by atoms with Crippen molar-refractivity contribution in [2.45, 2.75) is 51.2 Å². The minimum absolute atomic E-state index is 0.0706. The summed E-state index contributed by atoms with van der Waals surface area (Å²) in [5, 5.41) is 12.8. The molecule has 0 radical (unpaired) electrons. The van der Waals surface area contributed by atoms with Crippen LogP contribution in [0.25, 0.3) is 0 Å². The van der Waals surface area contributed by atoms with E-state index in [4.69, 9.17) is 0 Å². The van der Waals surface area contributed by atoms with E-state index in [1.165, 1.54) is 31.4 Å². The fourth-order valence-electron chi connectivity index (χ4n) is 4.64. The Bertz CT molecular complexity index is 945. The van der Waals surface area contributed by atoms with Crippen LogP contribution in [-0.4, -0.2) is 72.2 Å². The van der Waals surface area contributed by atoms with Crippen molar-refractivity contribution in [2.24, 2.45) is 0 Å². The van der Waals surface area contributed by atoms with Gasteiger partial charge in [0.15, 0.2) is 5.82 Å². The molecular formula is C22H30N8. The summed E-state index contributed by atoms with van der Waals surface area (Å²) in [6.07, 6.45) is 7.15. The van der Waals surface area contributed by atoms with E-state index in [1.807, 2.05) is 23.9 Å². The van der Waals surface area contributed by atoms with Gasteiger partial charge in [0.25, 0.3) is 0 Å². The van der Waals surface area contributed by atoms with Crippen LogP contribution in [-0.2, 0) is 6.54 Å². The van der Waals surface area contributed by atoms with E-state index in [0.29, 0.717) is 6.54 Å². The Labute approximate surface area is 177 Å². The standard InChI is InChI=1S/C22H30N8/c1-17-15-23-21(24-17)20(29-12-6-11-28(13-14-29)19-9-5-10-19)22-25-26-27-30(22)16-18-7-3-2-4-8-18/h2-4,7-8,15,19-20H,5-6,9-14,16H2,1H3,(H,23,24). The van der Waals surface area contributed by atoms with E-state index in [1.54, 1.807) is 0 Å². The predicted octanol–water partition coefficient (Wildman–Crippen LogP) is 2.40. The van der Waals surface area contributed by atoms with Gasteiger partial charge in [-0.2, -0.15) is 0 Å². The molecule has 3 aromatic rings. The number of benzene rings is 1. The van der Waals surface area contributed by atoms with E-state index in [2.05, 4.69) is 59.6 Å². The normalized spacial score (nSPS) is 20.0. The SMILES string of the molecule is Cc1cnc(C(c2nnnn2Cc2ccccc2)N2CCCN(C3CCC3)CC2)[nH]1. The fraction of sp³-hybridized carbons (Fsp3) is 0.545. The van der Waals surface area contributed by atoms with E-state index < -0.39 is 0 Å². The van der Waals surface area contributed by atoms with Gasteiger partial charge in [0, 0.05) is 37.6 Å². The van der Waals surface area contributed by atoms with E-state index in [9.17, 15) is 0 Å². The van der Waals surface area contributed by atoms with Gasteiger partial charge in [-0.3, -0.25) is 9.80 Å². The molecular weight excluding hydrogens is 376 g/mol. The third kappa shape index (κ3) is 4.02. The first kappa shape index (κ1) is 19.4. The highest BCUT2D eigenvalue weighted by molar-refractivity contribution is 5.17. The Hall–Kier alpha value is -2.58. The van der Waals surface area contributed by atoms with Crippen molar-refractivity contribution in [2.75, 3.05) is 26.2 Å². The Morgan fingerprint density at radius 2 is 1.93 bits per heavy atom. The zero-order chi connectivity index (χ0) is 20.3. The second kappa shape index (κ2) is 8.65. The zero-order valence-corrected chi connectivity index (χ0v) is 17.6. The minimum Gasteiger partial charge on any atom is -0.344 e. The van der Waals surface area contributed by atoms with Gasteiger partial charge in [0.2, 0.25) is 0 Å². The van der Waals surface area contributed by atoms with E-state index in [0.717, 1.165) is 49.4 Å². The molecule has 2 fully saturated rings. The van der Waals surface area contributed by atoms with Crippen LogP contribution in [0.5, 0.6) is 0 Å². The van der Waals surface area contributed by atoms with Gasteiger partial charge in [-0.1, -0.05) is 36.8 Å². The van der Waals surface area contributed by atoms with Gasteiger partial charge in [0.1, 0.15) is 11.9 Å². The number of aryl methyl sites for hydroxylation is 1. The third-order valence-corrected chi connectivity index (χ3v) is 6.48. The number of nitrogens with one attached hydrogen (secondary N) is 1. The van der Waals surface area contributed by atoms with Crippen LogP contribution in [0, 0.1) is 6.92 Å². The summed E-state index contributed by atoms with van der Waals surface area (Å²) in [6, 6.07) is 11.1. The number of hydrogen-bond acceptors (Lipinski definition) is 6. The van der Waals surface area contributed by atoms with Crippen molar-refractivity contribution < 1.29 is 0 Å². The number of hydrogen-bond donors (Lipinski definition) is 1. The molecule has 0 amide bonds. The second-order valence-corrected chi connectivity index (χ2v) is 8.54. The number of rotatable bonds is 6. The molecule has 2 aromatic heterocycles. The summed E-state index contributed by atoms with van der Waals surface area (Å²) in [7, 11) is 0. The summed E-state index contributed by atoms with van der Waals surface area (Å²) in [5.41, 5.74) is 2.25. The summed E-state index contributed by atoms with van der Waals surface area (Å²) < 4.78 is 1.92. The maximum absolute atomic E-state index is 4.69. The van der Waals surface area contributed by atoms with Crippen LogP contribution in [0.2, 0.25) is 0 Å². The van der Waals surface area contributed by atoms with Gasteiger partial charge in [-0.25, -0.2) is 9.67 Å². The average molecular weight is 407 g/mol. The molecule has 1 saturated heterocycles. The Kier molecular flexibility index (Phi) is 5.59. The molecule has 0 spiro atoms. The minimum atomic E-state index is -0.0706. The number of aromatic amines is 1. The van der Waals surface area contributed by atoms with Crippen LogP contribution in [0.1, 0.15) is 54.6 Å². The van der Waals surface area contributed by atoms with Gasteiger partial charge >= 0.3 is 0 Å². The first-order valence-corrected chi connectivity index (χ1v) is 11.1. The lowest BCUT2D eigenvalue weighted by Crippen LogP contribution is -2.42. The summed E-state index contributed by atoms with van der Waals surface area (Å²) in [6.45, 7) is 6.99. The highest BCUT2D eigenvalue weighted by Crippen LogP contribution is 2.29. The number of aromatic nitrogens is 6. The van der Waals surface area contributed by atoms with Crippen LogP contribution in [0.3, 0.4) is 0 Å². The van der Waals surface area contributed by atoms with Crippen LogP contribution in [0.15, 0.2) is 36.5 Å². The van der Waals surface area contributed by atoms with Crippen molar-refractivity contribution in [3.8, 4) is 0 Å². The first-order valence-electron chi connectivity index (χ1n) is 11.1. The molecule has 1 aromatic carbocycles. The monoisotopic (exact) mass is 406 g/mol. The molecule has 0 bridgehead atoms. The zero-order valence-electron chi connectivity index (χ0n) is 17.6. The van der Waals surface area contributed by atoms with Crippen molar-refractivity contribution in [1.29, 1.82) is 0 Å². The molecule has 1 N–H and O–H groups in total. The fourth-order valence-corrected chi connectivity index (χ4v) is 4.64. The average Bonchev–Trinajstić information content (AvgIpc) is 3.27. The maximum atomic E-state index is 4.69. The molecule has 8 nitrogen and oxygen atoms in total. The van der Waals surface area contributed by atoms with Crippen molar-refractivity contribution in [1.82, 2.24) is 40.0 Å². The molecule has 1 unspecified atom stereocenters. The Morgan fingerprint density at radius 3 is 2.67 bits per heavy atom. The first-order chi connectivity index (χ1) is 14.8. The van der Waals surface area contributed by atoms with Crippen molar-refractivity contribution in [3.05, 3.63) is 59.4 Å². The predicted molar refractivity (Wildman–Crippen MR) is 114 cm³/mol.